The Balaban J connectivity index is 3.23. The highest BCUT2D eigenvalue weighted by Gasteiger charge is 2.11. The summed E-state index contributed by atoms with van der Waals surface area (Å²) in [7, 11) is 1.46. The first-order valence-electron chi connectivity index (χ1n) is 5.80. The molecule has 0 aliphatic rings. The number of rotatable bonds is 8. The zero-order chi connectivity index (χ0) is 10.8. The van der Waals surface area contributed by atoms with E-state index in [2.05, 4.69) is 11.7 Å². The minimum Gasteiger partial charge on any atom is -0.469 e. The van der Waals surface area contributed by atoms with Crippen molar-refractivity contribution in [1.82, 2.24) is 0 Å². The lowest BCUT2D eigenvalue weighted by Gasteiger charge is -2.08. The predicted molar refractivity (Wildman–Crippen MR) is 59.2 cm³/mol. The van der Waals surface area contributed by atoms with Gasteiger partial charge in [-0.1, -0.05) is 52.4 Å². The molecule has 2 nitrogen and oxygen atoms in total. The van der Waals surface area contributed by atoms with Crippen LogP contribution in [-0.2, 0) is 9.53 Å². The average Bonchev–Trinajstić information content (AvgIpc) is 2.21. The Kier molecular flexibility index (Phi) is 8.70. The van der Waals surface area contributed by atoms with Gasteiger partial charge in [-0.05, 0) is 6.42 Å². The largest absolute Gasteiger partial charge is 0.469 e. The van der Waals surface area contributed by atoms with E-state index in [1.165, 1.54) is 39.2 Å². The predicted octanol–water partition coefficient (Wildman–Crippen LogP) is 3.55. The third-order valence-corrected chi connectivity index (χ3v) is 2.59. The van der Waals surface area contributed by atoms with Gasteiger partial charge in [0, 0.05) is 0 Å². The van der Waals surface area contributed by atoms with Gasteiger partial charge in [-0.3, -0.25) is 4.79 Å². The molecule has 0 rings (SSSR count). The molecular formula is C12H24O2. The van der Waals surface area contributed by atoms with Crippen molar-refractivity contribution in [2.24, 2.45) is 5.92 Å². The van der Waals surface area contributed by atoms with E-state index in [-0.39, 0.29) is 11.9 Å². The summed E-state index contributed by atoms with van der Waals surface area (Å²) in [6, 6.07) is 0. The van der Waals surface area contributed by atoms with E-state index in [0.29, 0.717) is 0 Å². The second-order valence-electron chi connectivity index (χ2n) is 3.98. The lowest BCUT2D eigenvalue weighted by Crippen LogP contribution is -2.12. The summed E-state index contributed by atoms with van der Waals surface area (Å²) >= 11 is 0. The van der Waals surface area contributed by atoms with E-state index < -0.39 is 0 Å². The van der Waals surface area contributed by atoms with Gasteiger partial charge >= 0.3 is 5.97 Å². The molecule has 0 bridgehead atoms. The number of methoxy groups -OCH3 is 1. The van der Waals surface area contributed by atoms with Crippen molar-refractivity contribution in [3.8, 4) is 0 Å². The monoisotopic (exact) mass is 200 g/mol. The number of carbonyl (C=O) groups is 1. The maximum absolute atomic E-state index is 11.1. The van der Waals surface area contributed by atoms with Crippen LogP contribution in [0.5, 0.6) is 0 Å². The van der Waals surface area contributed by atoms with Crippen LogP contribution >= 0.6 is 0 Å². The molecule has 0 aromatic carbocycles. The second kappa shape index (κ2) is 9.04. The molecule has 0 radical (unpaired) electrons. The number of hydrogen-bond donors (Lipinski definition) is 0. The minimum absolute atomic E-state index is 0.0708. The fraction of sp³-hybridized carbons (Fsp3) is 0.917. The van der Waals surface area contributed by atoms with E-state index in [0.717, 1.165) is 12.8 Å². The molecular weight excluding hydrogens is 176 g/mol. The summed E-state index contributed by atoms with van der Waals surface area (Å²) in [5.74, 6) is 0.00438. The Bertz CT molecular complexity index is 143. The van der Waals surface area contributed by atoms with E-state index in [1.54, 1.807) is 0 Å². The number of hydrogen-bond acceptors (Lipinski definition) is 2. The third kappa shape index (κ3) is 6.93. The van der Waals surface area contributed by atoms with Gasteiger partial charge in [0.15, 0.2) is 0 Å². The summed E-state index contributed by atoms with van der Waals surface area (Å²) < 4.78 is 4.67. The van der Waals surface area contributed by atoms with Crippen LogP contribution in [0.2, 0.25) is 0 Å². The molecule has 0 aliphatic carbocycles. The van der Waals surface area contributed by atoms with Gasteiger partial charge < -0.3 is 4.74 Å². The molecule has 2 heteroatoms. The van der Waals surface area contributed by atoms with E-state index in [1.807, 2.05) is 6.92 Å². The average molecular weight is 200 g/mol. The first-order valence-corrected chi connectivity index (χ1v) is 5.80. The first-order chi connectivity index (χ1) is 6.72. The zero-order valence-corrected chi connectivity index (χ0v) is 9.84. The summed E-state index contributed by atoms with van der Waals surface area (Å²) in [4.78, 5) is 11.1. The SMILES string of the molecule is CCCCCCCCC(C)C(=O)OC. The number of unbranched alkanes of at least 4 members (excludes halogenated alkanes) is 5. The van der Waals surface area contributed by atoms with Crippen molar-refractivity contribution in [2.75, 3.05) is 7.11 Å². The lowest BCUT2D eigenvalue weighted by molar-refractivity contribution is -0.145. The standard InChI is InChI=1S/C12H24O2/c1-4-5-6-7-8-9-10-11(2)12(13)14-3/h11H,4-10H2,1-3H3. The number of esters is 1. The maximum atomic E-state index is 11.1. The second-order valence-corrected chi connectivity index (χ2v) is 3.98. The van der Waals surface area contributed by atoms with Crippen LogP contribution in [0.3, 0.4) is 0 Å². The van der Waals surface area contributed by atoms with Gasteiger partial charge in [0.05, 0.1) is 13.0 Å². The number of ether oxygens (including phenoxy) is 1. The molecule has 0 aliphatic heterocycles. The molecule has 1 atom stereocenters. The molecule has 0 fully saturated rings. The Morgan fingerprint density at radius 1 is 1.14 bits per heavy atom. The fourth-order valence-corrected chi connectivity index (χ4v) is 1.55. The molecule has 14 heavy (non-hydrogen) atoms. The highest BCUT2D eigenvalue weighted by molar-refractivity contribution is 5.71. The smallest absolute Gasteiger partial charge is 0.308 e. The summed E-state index contributed by atoms with van der Waals surface area (Å²) in [6.07, 6.45) is 8.65. The highest BCUT2D eigenvalue weighted by Crippen LogP contribution is 2.12. The van der Waals surface area contributed by atoms with Crippen molar-refractivity contribution >= 4 is 5.97 Å². The summed E-state index contributed by atoms with van der Waals surface area (Å²) in [5, 5.41) is 0. The van der Waals surface area contributed by atoms with Crippen LogP contribution in [0.25, 0.3) is 0 Å². The van der Waals surface area contributed by atoms with E-state index in [9.17, 15) is 4.79 Å². The van der Waals surface area contributed by atoms with Gasteiger partial charge in [0.2, 0.25) is 0 Å². The topological polar surface area (TPSA) is 26.3 Å². The Hall–Kier alpha value is -0.530. The fourth-order valence-electron chi connectivity index (χ4n) is 1.55. The molecule has 0 heterocycles. The molecule has 0 spiro atoms. The van der Waals surface area contributed by atoms with Gasteiger partial charge in [0.1, 0.15) is 0 Å². The molecule has 1 unspecified atom stereocenters. The van der Waals surface area contributed by atoms with Gasteiger partial charge in [-0.25, -0.2) is 0 Å². The zero-order valence-electron chi connectivity index (χ0n) is 9.84. The van der Waals surface area contributed by atoms with Crippen LogP contribution in [-0.4, -0.2) is 13.1 Å². The Labute approximate surface area is 88.0 Å². The molecule has 0 amide bonds. The van der Waals surface area contributed by atoms with Crippen LogP contribution in [0.15, 0.2) is 0 Å². The summed E-state index contributed by atoms with van der Waals surface area (Å²) in [6.45, 7) is 4.16. The molecule has 0 N–H and O–H groups in total. The van der Waals surface area contributed by atoms with Crippen LogP contribution in [0.1, 0.15) is 58.8 Å². The minimum atomic E-state index is -0.0708. The first kappa shape index (κ1) is 13.5. The van der Waals surface area contributed by atoms with Crippen LogP contribution in [0, 0.1) is 5.92 Å². The molecule has 84 valence electrons. The van der Waals surface area contributed by atoms with Crippen molar-refractivity contribution in [3.05, 3.63) is 0 Å². The quantitative estimate of drug-likeness (QED) is 0.442. The lowest BCUT2D eigenvalue weighted by atomic mass is 10.0. The van der Waals surface area contributed by atoms with Crippen molar-refractivity contribution in [2.45, 2.75) is 58.8 Å². The van der Waals surface area contributed by atoms with Crippen molar-refractivity contribution in [3.63, 3.8) is 0 Å². The third-order valence-electron chi connectivity index (χ3n) is 2.59. The van der Waals surface area contributed by atoms with Gasteiger partial charge in [-0.15, -0.1) is 0 Å². The molecule has 0 aromatic heterocycles. The van der Waals surface area contributed by atoms with Gasteiger partial charge in [-0.2, -0.15) is 0 Å². The van der Waals surface area contributed by atoms with Crippen molar-refractivity contribution in [1.29, 1.82) is 0 Å². The molecule has 0 aromatic rings. The Morgan fingerprint density at radius 2 is 1.71 bits per heavy atom. The van der Waals surface area contributed by atoms with Crippen LogP contribution in [0.4, 0.5) is 0 Å². The maximum Gasteiger partial charge on any atom is 0.308 e. The van der Waals surface area contributed by atoms with Crippen LogP contribution < -0.4 is 0 Å². The summed E-state index contributed by atoms with van der Waals surface area (Å²) in [5.41, 5.74) is 0. The molecule has 0 saturated carbocycles. The number of carbonyl (C=O) groups excluding carboxylic acids is 1. The van der Waals surface area contributed by atoms with Gasteiger partial charge in [0.25, 0.3) is 0 Å². The highest BCUT2D eigenvalue weighted by atomic mass is 16.5. The Morgan fingerprint density at radius 3 is 2.29 bits per heavy atom. The van der Waals surface area contributed by atoms with E-state index >= 15 is 0 Å². The molecule has 0 saturated heterocycles. The van der Waals surface area contributed by atoms with E-state index in [4.69, 9.17) is 0 Å². The van der Waals surface area contributed by atoms with Crippen molar-refractivity contribution < 1.29 is 9.53 Å². The normalized spacial score (nSPS) is 12.5.